The van der Waals surface area contributed by atoms with E-state index < -0.39 is 25.5 Å². The van der Waals surface area contributed by atoms with Gasteiger partial charge >= 0.3 is 12.3 Å². The zero-order valence-electron chi connectivity index (χ0n) is 9.37. The number of nitrogen functional groups attached to an aromatic ring is 1. The van der Waals surface area contributed by atoms with Crippen LogP contribution in [0, 0.1) is 0 Å². The van der Waals surface area contributed by atoms with Gasteiger partial charge in [-0.1, -0.05) is 12.1 Å². The van der Waals surface area contributed by atoms with Gasteiger partial charge in [0.15, 0.2) is 0 Å². The first-order valence-corrected chi connectivity index (χ1v) is 5.07. The standard InChI is InChI=1S/C11H12F3NO3/c12-11(13,14)18-5-4-17-10(16)7-8-2-1-3-9(15)6-8/h1-3,6H,4-5,7,15H2. The molecule has 0 heterocycles. The van der Waals surface area contributed by atoms with Crippen LogP contribution >= 0.6 is 0 Å². The van der Waals surface area contributed by atoms with Gasteiger partial charge in [0.05, 0.1) is 13.0 Å². The lowest BCUT2D eigenvalue weighted by atomic mass is 10.1. The Balaban J connectivity index is 2.26. The normalized spacial score (nSPS) is 11.3. The maximum absolute atomic E-state index is 11.6. The van der Waals surface area contributed by atoms with E-state index in [2.05, 4.69) is 9.47 Å². The third kappa shape index (κ3) is 6.09. The average Bonchev–Trinajstić information content (AvgIpc) is 2.23. The molecule has 0 atom stereocenters. The molecule has 1 aromatic carbocycles. The molecule has 0 spiro atoms. The molecule has 7 heteroatoms. The molecule has 2 N–H and O–H groups in total. The van der Waals surface area contributed by atoms with E-state index in [-0.39, 0.29) is 6.42 Å². The van der Waals surface area contributed by atoms with Crippen molar-refractivity contribution in [3.63, 3.8) is 0 Å². The molecule has 100 valence electrons. The number of hydrogen-bond donors (Lipinski definition) is 1. The number of rotatable bonds is 5. The maximum atomic E-state index is 11.6. The number of esters is 1. The summed E-state index contributed by atoms with van der Waals surface area (Å²) in [7, 11) is 0. The van der Waals surface area contributed by atoms with Gasteiger partial charge in [0.25, 0.3) is 0 Å². The van der Waals surface area contributed by atoms with Gasteiger partial charge in [0.2, 0.25) is 0 Å². The Morgan fingerprint density at radius 2 is 2.00 bits per heavy atom. The summed E-state index contributed by atoms with van der Waals surface area (Å²) in [5, 5.41) is 0. The smallest absolute Gasteiger partial charge is 0.463 e. The summed E-state index contributed by atoms with van der Waals surface area (Å²) < 4.78 is 42.8. The predicted molar refractivity (Wildman–Crippen MR) is 57.5 cm³/mol. The lowest BCUT2D eigenvalue weighted by Gasteiger charge is -2.08. The van der Waals surface area contributed by atoms with E-state index in [0.717, 1.165) is 0 Å². The van der Waals surface area contributed by atoms with Gasteiger partial charge in [0, 0.05) is 5.69 Å². The van der Waals surface area contributed by atoms with Crippen LogP contribution < -0.4 is 5.73 Å². The first kappa shape index (κ1) is 14.3. The molecule has 18 heavy (non-hydrogen) atoms. The van der Waals surface area contributed by atoms with Gasteiger partial charge in [-0.25, -0.2) is 0 Å². The van der Waals surface area contributed by atoms with Crippen molar-refractivity contribution in [2.45, 2.75) is 12.8 Å². The number of ether oxygens (including phenoxy) is 2. The molecule has 0 aliphatic rings. The fourth-order valence-electron chi connectivity index (χ4n) is 1.23. The summed E-state index contributed by atoms with van der Waals surface area (Å²) in [6.07, 6.45) is -4.75. The van der Waals surface area contributed by atoms with Crippen LogP contribution in [0.25, 0.3) is 0 Å². The van der Waals surface area contributed by atoms with Crippen LogP contribution in [0.2, 0.25) is 0 Å². The molecule has 0 saturated carbocycles. The Labute approximate surface area is 101 Å². The molecule has 1 rings (SSSR count). The fourth-order valence-corrected chi connectivity index (χ4v) is 1.23. The minimum atomic E-state index is -4.71. The third-order valence-electron chi connectivity index (χ3n) is 1.91. The van der Waals surface area contributed by atoms with E-state index in [0.29, 0.717) is 11.3 Å². The molecule has 0 aromatic heterocycles. The van der Waals surface area contributed by atoms with Crippen molar-refractivity contribution < 1.29 is 27.4 Å². The van der Waals surface area contributed by atoms with Crippen LogP contribution in [0.4, 0.5) is 18.9 Å². The zero-order valence-corrected chi connectivity index (χ0v) is 9.37. The number of halogens is 3. The van der Waals surface area contributed by atoms with Crippen molar-refractivity contribution in [2.75, 3.05) is 18.9 Å². The number of alkyl halides is 3. The second-order valence-corrected chi connectivity index (χ2v) is 3.44. The summed E-state index contributed by atoms with van der Waals surface area (Å²) in [6.45, 7) is -1.16. The van der Waals surface area contributed by atoms with Crippen LogP contribution in [0.1, 0.15) is 5.56 Å². The Hall–Kier alpha value is -1.76. The fraction of sp³-hybridized carbons (Fsp3) is 0.364. The molecular weight excluding hydrogens is 251 g/mol. The van der Waals surface area contributed by atoms with Crippen LogP contribution in [-0.4, -0.2) is 25.5 Å². The van der Waals surface area contributed by atoms with Crippen molar-refractivity contribution >= 4 is 11.7 Å². The summed E-state index contributed by atoms with van der Waals surface area (Å²) in [4.78, 5) is 11.2. The van der Waals surface area contributed by atoms with E-state index in [9.17, 15) is 18.0 Å². The Morgan fingerprint density at radius 1 is 1.28 bits per heavy atom. The highest BCUT2D eigenvalue weighted by atomic mass is 19.4. The lowest BCUT2D eigenvalue weighted by molar-refractivity contribution is -0.326. The van der Waals surface area contributed by atoms with Crippen molar-refractivity contribution in [3.8, 4) is 0 Å². The number of anilines is 1. The molecule has 0 aliphatic heterocycles. The van der Waals surface area contributed by atoms with Crippen LogP contribution in [0.15, 0.2) is 24.3 Å². The second-order valence-electron chi connectivity index (χ2n) is 3.44. The number of benzene rings is 1. The van der Waals surface area contributed by atoms with Crippen LogP contribution in [0.3, 0.4) is 0 Å². The molecular formula is C11H12F3NO3. The first-order valence-electron chi connectivity index (χ1n) is 5.07. The lowest BCUT2D eigenvalue weighted by Crippen LogP contribution is -2.19. The van der Waals surface area contributed by atoms with E-state index in [1.165, 1.54) is 0 Å². The van der Waals surface area contributed by atoms with Gasteiger partial charge < -0.3 is 10.5 Å². The molecule has 0 fully saturated rings. The summed E-state index contributed by atoms with van der Waals surface area (Å²) in [6, 6.07) is 6.59. The first-order chi connectivity index (χ1) is 8.37. The molecule has 0 radical (unpaired) electrons. The van der Waals surface area contributed by atoms with Crippen molar-refractivity contribution in [1.29, 1.82) is 0 Å². The van der Waals surface area contributed by atoms with Gasteiger partial charge in [-0.15, -0.1) is 13.2 Å². The highest BCUT2D eigenvalue weighted by molar-refractivity contribution is 5.72. The van der Waals surface area contributed by atoms with Crippen molar-refractivity contribution in [1.82, 2.24) is 0 Å². The highest BCUT2D eigenvalue weighted by Gasteiger charge is 2.28. The van der Waals surface area contributed by atoms with Crippen molar-refractivity contribution in [2.24, 2.45) is 0 Å². The minimum absolute atomic E-state index is 0.0446. The van der Waals surface area contributed by atoms with Crippen LogP contribution in [-0.2, 0) is 20.7 Å². The summed E-state index contributed by atoms with van der Waals surface area (Å²) in [5.74, 6) is -0.633. The third-order valence-corrected chi connectivity index (χ3v) is 1.91. The molecule has 0 unspecified atom stereocenters. The van der Waals surface area contributed by atoms with Crippen LogP contribution in [0.5, 0.6) is 0 Å². The summed E-state index contributed by atoms with van der Waals surface area (Å²) in [5.41, 5.74) is 6.64. The quantitative estimate of drug-likeness (QED) is 0.500. The number of nitrogens with two attached hydrogens (primary N) is 1. The van der Waals surface area contributed by atoms with Gasteiger partial charge in [0.1, 0.15) is 6.61 Å². The monoisotopic (exact) mass is 263 g/mol. The minimum Gasteiger partial charge on any atom is -0.463 e. The largest absolute Gasteiger partial charge is 0.522 e. The SMILES string of the molecule is Nc1cccc(CC(=O)OCCOC(F)(F)F)c1. The van der Waals surface area contributed by atoms with Gasteiger partial charge in [-0.3, -0.25) is 9.53 Å². The molecule has 0 bridgehead atoms. The highest BCUT2D eigenvalue weighted by Crippen LogP contribution is 2.15. The molecule has 0 saturated heterocycles. The Morgan fingerprint density at radius 3 is 2.61 bits per heavy atom. The second kappa shape index (κ2) is 6.25. The van der Waals surface area contributed by atoms with Crippen molar-refractivity contribution in [3.05, 3.63) is 29.8 Å². The van der Waals surface area contributed by atoms with E-state index >= 15 is 0 Å². The van der Waals surface area contributed by atoms with Gasteiger partial charge in [-0.05, 0) is 17.7 Å². The topological polar surface area (TPSA) is 61.6 Å². The molecule has 0 aliphatic carbocycles. The zero-order chi connectivity index (χ0) is 13.6. The number of carbonyl (C=O) groups is 1. The predicted octanol–water partition coefficient (Wildman–Crippen LogP) is 1.89. The van der Waals surface area contributed by atoms with E-state index in [1.54, 1.807) is 24.3 Å². The average molecular weight is 263 g/mol. The number of hydrogen-bond acceptors (Lipinski definition) is 4. The molecule has 0 amide bonds. The number of carbonyl (C=O) groups excluding carboxylic acids is 1. The molecule has 4 nitrogen and oxygen atoms in total. The maximum Gasteiger partial charge on any atom is 0.522 e. The summed E-state index contributed by atoms with van der Waals surface area (Å²) >= 11 is 0. The Kier molecular flexibility index (Phi) is 4.96. The van der Waals surface area contributed by atoms with Gasteiger partial charge in [-0.2, -0.15) is 0 Å². The molecule has 1 aromatic rings. The van der Waals surface area contributed by atoms with E-state index in [4.69, 9.17) is 5.73 Å². The Bertz CT molecular complexity index is 407. The van der Waals surface area contributed by atoms with E-state index in [1.807, 2.05) is 0 Å².